The van der Waals surface area contributed by atoms with Crippen molar-refractivity contribution in [3.05, 3.63) is 47.9 Å². The maximum absolute atomic E-state index is 8.63. The van der Waals surface area contributed by atoms with Gasteiger partial charge in [0.25, 0.3) is 0 Å². The molecule has 0 amide bonds. The van der Waals surface area contributed by atoms with Gasteiger partial charge < -0.3 is 10.1 Å². The van der Waals surface area contributed by atoms with Crippen molar-refractivity contribution in [2.24, 2.45) is 0 Å². The molecule has 5 nitrogen and oxygen atoms in total. The molecule has 0 bridgehead atoms. The summed E-state index contributed by atoms with van der Waals surface area (Å²) in [5.41, 5.74) is 2.34. The van der Waals surface area contributed by atoms with E-state index in [1.54, 1.807) is 0 Å². The van der Waals surface area contributed by atoms with Crippen LogP contribution in [0.3, 0.4) is 0 Å². The predicted octanol–water partition coefficient (Wildman–Crippen LogP) is 2.63. The fourth-order valence-electron chi connectivity index (χ4n) is 1.50. The Kier molecular flexibility index (Phi) is 4.43. The molecule has 96 valence electrons. The highest BCUT2D eigenvalue weighted by molar-refractivity contribution is 5.55. The lowest BCUT2D eigenvalue weighted by molar-refractivity contribution is 0.134. The number of nitrogens with zero attached hydrogens (tertiary/aromatic N) is 3. The second kappa shape index (κ2) is 6.47. The third kappa shape index (κ3) is 3.76. The summed E-state index contributed by atoms with van der Waals surface area (Å²) in [6.07, 6.45) is 2.97. The lowest BCUT2D eigenvalue weighted by Crippen LogP contribution is -1.96. The van der Waals surface area contributed by atoms with E-state index in [-0.39, 0.29) is 0 Å². The number of nitrogens with one attached hydrogen (secondary N) is 1. The molecule has 0 spiro atoms. The van der Waals surface area contributed by atoms with E-state index in [0.29, 0.717) is 24.7 Å². The van der Waals surface area contributed by atoms with Crippen LogP contribution in [-0.2, 0) is 11.3 Å². The minimum Gasteiger partial charge on any atom is -0.377 e. The van der Waals surface area contributed by atoms with Crippen molar-refractivity contribution in [1.82, 2.24) is 9.97 Å². The summed E-state index contributed by atoms with van der Waals surface area (Å²) in [4.78, 5) is 8.04. The van der Waals surface area contributed by atoms with Crippen LogP contribution < -0.4 is 5.32 Å². The van der Waals surface area contributed by atoms with Crippen LogP contribution in [0.2, 0.25) is 0 Å². The molecule has 0 aliphatic carbocycles. The predicted molar refractivity (Wildman–Crippen MR) is 71.8 cm³/mol. The van der Waals surface area contributed by atoms with Crippen LogP contribution in [0, 0.1) is 11.3 Å². The Bertz CT molecular complexity index is 557. The fraction of sp³-hybridized carbons (Fsp3) is 0.214. The van der Waals surface area contributed by atoms with Gasteiger partial charge in [-0.3, -0.25) is 0 Å². The number of aromatic nitrogens is 2. The van der Waals surface area contributed by atoms with E-state index >= 15 is 0 Å². The molecule has 0 unspecified atom stereocenters. The first-order valence-corrected chi connectivity index (χ1v) is 5.97. The molecular weight excluding hydrogens is 240 g/mol. The summed E-state index contributed by atoms with van der Waals surface area (Å²) >= 11 is 0. The summed E-state index contributed by atoms with van der Waals surface area (Å²) in [5, 5.41) is 11.7. The number of hydrogen-bond donors (Lipinski definition) is 1. The van der Waals surface area contributed by atoms with Gasteiger partial charge in [0.15, 0.2) is 5.69 Å². The molecule has 1 aromatic heterocycles. The van der Waals surface area contributed by atoms with Gasteiger partial charge in [0.2, 0.25) is 0 Å². The van der Waals surface area contributed by atoms with Crippen LogP contribution in [-0.4, -0.2) is 16.6 Å². The van der Waals surface area contributed by atoms with Gasteiger partial charge in [-0.2, -0.15) is 5.26 Å². The normalized spacial score (nSPS) is 9.89. The van der Waals surface area contributed by atoms with Crippen LogP contribution in [0.5, 0.6) is 0 Å². The van der Waals surface area contributed by atoms with Gasteiger partial charge in [-0.1, -0.05) is 12.1 Å². The molecule has 0 radical (unpaired) electrons. The average Bonchev–Trinajstić information content (AvgIpc) is 2.47. The average molecular weight is 254 g/mol. The maximum Gasteiger partial charge on any atom is 0.158 e. The molecule has 5 heteroatoms. The number of anilines is 2. The molecular formula is C14H14N4O. The van der Waals surface area contributed by atoms with Crippen molar-refractivity contribution >= 4 is 11.5 Å². The Morgan fingerprint density at radius 2 is 2.00 bits per heavy atom. The molecule has 19 heavy (non-hydrogen) atoms. The molecule has 0 atom stereocenters. The zero-order chi connectivity index (χ0) is 13.5. The number of nitriles is 1. The van der Waals surface area contributed by atoms with Crippen LogP contribution >= 0.6 is 0 Å². The van der Waals surface area contributed by atoms with Gasteiger partial charge in [0.1, 0.15) is 11.9 Å². The van der Waals surface area contributed by atoms with Crippen molar-refractivity contribution in [2.45, 2.75) is 13.5 Å². The fourth-order valence-corrected chi connectivity index (χ4v) is 1.50. The highest BCUT2D eigenvalue weighted by Gasteiger charge is 1.98. The van der Waals surface area contributed by atoms with E-state index in [1.807, 2.05) is 37.3 Å². The Labute approximate surface area is 111 Å². The summed E-state index contributed by atoms with van der Waals surface area (Å²) in [7, 11) is 0. The highest BCUT2D eigenvalue weighted by Crippen LogP contribution is 2.15. The molecule has 0 fully saturated rings. The van der Waals surface area contributed by atoms with Crippen molar-refractivity contribution in [3.63, 3.8) is 0 Å². The first kappa shape index (κ1) is 13.0. The summed E-state index contributed by atoms with van der Waals surface area (Å²) in [5.74, 6) is 0.608. The third-order valence-corrected chi connectivity index (χ3v) is 2.47. The third-order valence-electron chi connectivity index (χ3n) is 2.47. The molecule has 1 heterocycles. The Morgan fingerprint density at radius 1 is 1.21 bits per heavy atom. The standard InChI is InChI=1S/C14H14N4O/c1-2-19-10-11-3-5-12(6-4-11)18-14-9-16-13(7-15)8-17-14/h3-6,8-9H,2,10H2,1H3,(H,17,18). The largest absolute Gasteiger partial charge is 0.377 e. The van der Waals surface area contributed by atoms with Crippen molar-refractivity contribution in [1.29, 1.82) is 5.26 Å². The molecule has 2 aromatic rings. The molecule has 0 aliphatic rings. The first-order chi connectivity index (χ1) is 9.31. The molecule has 0 aliphatic heterocycles. The van der Waals surface area contributed by atoms with Crippen LogP contribution in [0.4, 0.5) is 11.5 Å². The summed E-state index contributed by atoms with van der Waals surface area (Å²) < 4.78 is 5.33. The van der Waals surface area contributed by atoms with Crippen LogP contribution in [0.1, 0.15) is 18.2 Å². The Morgan fingerprint density at radius 3 is 2.58 bits per heavy atom. The summed E-state index contributed by atoms with van der Waals surface area (Å²) in [6.45, 7) is 3.30. The van der Waals surface area contributed by atoms with Gasteiger partial charge in [-0.05, 0) is 24.6 Å². The minimum absolute atomic E-state index is 0.303. The van der Waals surface area contributed by atoms with E-state index in [1.165, 1.54) is 12.4 Å². The number of ether oxygens (including phenoxy) is 1. The molecule has 1 aromatic carbocycles. The maximum atomic E-state index is 8.63. The number of hydrogen-bond acceptors (Lipinski definition) is 5. The monoisotopic (exact) mass is 254 g/mol. The van der Waals surface area contributed by atoms with E-state index in [4.69, 9.17) is 10.00 Å². The quantitative estimate of drug-likeness (QED) is 0.888. The molecule has 0 saturated carbocycles. The van der Waals surface area contributed by atoms with Crippen molar-refractivity contribution in [3.8, 4) is 6.07 Å². The molecule has 0 saturated heterocycles. The summed E-state index contributed by atoms with van der Waals surface area (Å²) in [6, 6.07) is 9.83. The topological polar surface area (TPSA) is 70.8 Å². The van der Waals surface area contributed by atoms with Gasteiger partial charge in [0.05, 0.1) is 19.0 Å². The van der Waals surface area contributed by atoms with E-state index in [0.717, 1.165) is 11.3 Å². The Hall–Kier alpha value is -2.45. The molecule has 1 N–H and O–H groups in total. The van der Waals surface area contributed by atoms with Gasteiger partial charge >= 0.3 is 0 Å². The lowest BCUT2D eigenvalue weighted by atomic mass is 10.2. The SMILES string of the molecule is CCOCc1ccc(Nc2cnc(C#N)cn2)cc1. The number of benzene rings is 1. The van der Waals surface area contributed by atoms with Crippen LogP contribution in [0.25, 0.3) is 0 Å². The smallest absolute Gasteiger partial charge is 0.158 e. The first-order valence-electron chi connectivity index (χ1n) is 5.97. The molecule has 2 rings (SSSR count). The van der Waals surface area contributed by atoms with Gasteiger partial charge in [-0.15, -0.1) is 0 Å². The van der Waals surface area contributed by atoms with E-state index in [2.05, 4.69) is 15.3 Å². The zero-order valence-electron chi connectivity index (χ0n) is 10.6. The van der Waals surface area contributed by atoms with Crippen molar-refractivity contribution < 1.29 is 4.74 Å². The Balaban J connectivity index is 2.00. The van der Waals surface area contributed by atoms with E-state index in [9.17, 15) is 0 Å². The van der Waals surface area contributed by atoms with Gasteiger partial charge in [0, 0.05) is 12.3 Å². The van der Waals surface area contributed by atoms with Crippen LogP contribution in [0.15, 0.2) is 36.7 Å². The second-order valence-corrected chi connectivity index (χ2v) is 3.86. The highest BCUT2D eigenvalue weighted by atomic mass is 16.5. The minimum atomic E-state index is 0.303. The number of rotatable bonds is 5. The lowest BCUT2D eigenvalue weighted by Gasteiger charge is -2.06. The van der Waals surface area contributed by atoms with E-state index < -0.39 is 0 Å². The van der Waals surface area contributed by atoms with Crippen molar-refractivity contribution in [2.75, 3.05) is 11.9 Å². The zero-order valence-corrected chi connectivity index (χ0v) is 10.6. The second-order valence-electron chi connectivity index (χ2n) is 3.86. The van der Waals surface area contributed by atoms with Gasteiger partial charge in [-0.25, -0.2) is 9.97 Å².